The van der Waals surface area contributed by atoms with Crippen LogP contribution in [0.5, 0.6) is 0 Å². The second-order valence-corrected chi connectivity index (χ2v) is 2.67. The quantitative estimate of drug-likeness (QED) is 0.730. The van der Waals surface area contributed by atoms with Gasteiger partial charge in [-0.2, -0.15) is 0 Å². The van der Waals surface area contributed by atoms with Crippen LogP contribution >= 0.6 is 0 Å². The first-order chi connectivity index (χ1) is 6.56. The van der Waals surface area contributed by atoms with Crippen molar-refractivity contribution in [2.75, 3.05) is 7.11 Å². The molecule has 14 heavy (non-hydrogen) atoms. The number of nitrogens with two attached hydrogens (primary N) is 1. The number of carbonyl (C=O) groups excluding carboxylic acids is 1. The van der Waals surface area contributed by atoms with Crippen LogP contribution in [0.2, 0.25) is 0 Å². The predicted molar refractivity (Wildman–Crippen MR) is 45.3 cm³/mol. The van der Waals surface area contributed by atoms with Gasteiger partial charge in [-0.25, -0.2) is 8.78 Å². The number of methoxy groups -OCH3 is 1. The molecule has 1 aromatic rings. The zero-order valence-electron chi connectivity index (χ0n) is 7.46. The molecule has 0 unspecified atom stereocenters. The van der Waals surface area contributed by atoms with Gasteiger partial charge in [0.2, 0.25) is 0 Å². The van der Waals surface area contributed by atoms with Crippen LogP contribution in [0.15, 0.2) is 18.2 Å². The summed E-state index contributed by atoms with van der Waals surface area (Å²) in [6, 6.07) is 1.43. The molecule has 0 heterocycles. The van der Waals surface area contributed by atoms with E-state index in [2.05, 4.69) is 4.74 Å². The molecule has 0 radical (unpaired) electrons. The highest BCUT2D eigenvalue weighted by Gasteiger charge is 2.20. The Kier molecular flexibility index (Phi) is 3.14. The van der Waals surface area contributed by atoms with E-state index in [1.807, 2.05) is 0 Å². The molecule has 0 saturated carbocycles. The molecule has 76 valence electrons. The molecule has 2 N–H and O–H groups in total. The number of ether oxygens (including phenoxy) is 1. The Hall–Kier alpha value is -1.49. The van der Waals surface area contributed by atoms with Gasteiger partial charge in [-0.3, -0.25) is 4.79 Å². The van der Waals surface area contributed by atoms with Crippen molar-refractivity contribution >= 4 is 5.97 Å². The lowest BCUT2D eigenvalue weighted by molar-refractivity contribution is -0.142. The summed E-state index contributed by atoms with van der Waals surface area (Å²) in [4.78, 5) is 10.9. The van der Waals surface area contributed by atoms with Gasteiger partial charge in [0, 0.05) is 5.56 Å². The molecule has 0 fully saturated rings. The molecule has 0 spiro atoms. The summed E-state index contributed by atoms with van der Waals surface area (Å²) >= 11 is 0. The van der Waals surface area contributed by atoms with Gasteiger partial charge in [0.15, 0.2) is 0 Å². The van der Waals surface area contributed by atoms with E-state index in [1.54, 1.807) is 0 Å². The summed E-state index contributed by atoms with van der Waals surface area (Å²) < 4.78 is 30.1. The van der Waals surface area contributed by atoms with Crippen molar-refractivity contribution in [2.24, 2.45) is 5.73 Å². The Bertz CT molecular complexity index is 355. The number of hydrogen-bond donors (Lipinski definition) is 1. The first-order valence-electron chi connectivity index (χ1n) is 3.84. The average Bonchev–Trinajstić information content (AvgIpc) is 2.19. The average molecular weight is 201 g/mol. The molecule has 1 aromatic carbocycles. The number of rotatable bonds is 2. The maximum atomic E-state index is 13.1. The van der Waals surface area contributed by atoms with Crippen molar-refractivity contribution < 1.29 is 18.3 Å². The topological polar surface area (TPSA) is 52.3 Å². The van der Waals surface area contributed by atoms with Gasteiger partial charge < -0.3 is 10.5 Å². The zero-order chi connectivity index (χ0) is 10.7. The minimum absolute atomic E-state index is 0.211. The second kappa shape index (κ2) is 4.15. The standard InChI is InChI=1S/C9H9F2NO2/c1-14-9(13)8(12)6-4-5(10)2-3-7(6)11/h2-4,8H,12H2,1H3/t8-/m1/s1. The lowest BCUT2D eigenvalue weighted by Crippen LogP contribution is -2.23. The number of halogens is 2. The third-order valence-corrected chi connectivity index (χ3v) is 1.75. The van der Waals surface area contributed by atoms with Crippen LogP contribution in [0, 0.1) is 11.6 Å². The molecule has 1 rings (SSSR count). The third-order valence-electron chi connectivity index (χ3n) is 1.75. The molecule has 0 bridgehead atoms. The molecule has 3 nitrogen and oxygen atoms in total. The summed E-state index contributed by atoms with van der Waals surface area (Å²) in [7, 11) is 1.12. The highest BCUT2D eigenvalue weighted by Crippen LogP contribution is 2.17. The van der Waals surface area contributed by atoms with E-state index >= 15 is 0 Å². The summed E-state index contributed by atoms with van der Waals surface area (Å²) in [5.74, 6) is -2.19. The smallest absolute Gasteiger partial charge is 0.327 e. The van der Waals surface area contributed by atoms with Crippen LogP contribution in [0.3, 0.4) is 0 Å². The van der Waals surface area contributed by atoms with E-state index in [4.69, 9.17) is 5.73 Å². The summed E-state index contributed by atoms with van der Waals surface area (Å²) in [6.45, 7) is 0. The van der Waals surface area contributed by atoms with E-state index in [1.165, 1.54) is 0 Å². The molecule has 0 saturated heterocycles. The van der Waals surface area contributed by atoms with E-state index in [0.29, 0.717) is 0 Å². The van der Waals surface area contributed by atoms with Gasteiger partial charge in [0.05, 0.1) is 7.11 Å². The van der Waals surface area contributed by atoms with Gasteiger partial charge in [0.1, 0.15) is 17.7 Å². The summed E-state index contributed by atoms with van der Waals surface area (Å²) in [5.41, 5.74) is 5.13. The van der Waals surface area contributed by atoms with Crippen molar-refractivity contribution in [1.82, 2.24) is 0 Å². The zero-order valence-corrected chi connectivity index (χ0v) is 7.46. The lowest BCUT2D eigenvalue weighted by Gasteiger charge is -2.10. The molecular formula is C9H9F2NO2. The summed E-state index contributed by atoms with van der Waals surface area (Å²) in [5, 5.41) is 0. The Balaban J connectivity index is 3.05. The number of esters is 1. The van der Waals surface area contributed by atoms with E-state index in [9.17, 15) is 13.6 Å². The van der Waals surface area contributed by atoms with Crippen LogP contribution in [-0.2, 0) is 9.53 Å². The van der Waals surface area contributed by atoms with Crippen molar-refractivity contribution in [3.05, 3.63) is 35.4 Å². The molecule has 0 aromatic heterocycles. The second-order valence-electron chi connectivity index (χ2n) is 2.67. The highest BCUT2D eigenvalue weighted by molar-refractivity contribution is 5.77. The van der Waals surface area contributed by atoms with Crippen LogP contribution in [0.25, 0.3) is 0 Å². The van der Waals surface area contributed by atoms with Gasteiger partial charge in [-0.05, 0) is 18.2 Å². The van der Waals surface area contributed by atoms with Crippen LogP contribution in [-0.4, -0.2) is 13.1 Å². The van der Waals surface area contributed by atoms with Crippen LogP contribution < -0.4 is 5.73 Å². The minimum Gasteiger partial charge on any atom is -0.468 e. The molecular weight excluding hydrogens is 192 g/mol. The monoisotopic (exact) mass is 201 g/mol. The van der Waals surface area contributed by atoms with Gasteiger partial charge in [-0.1, -0.05) is 0 Å². The van der Waals surface area contributed by atoms with Gasteiger partial charge in [0.25, 0.3) is 0 Å². The fourth-order valence-electron chi connectivity index (χ4n) is 1.01. The number of carbonyl (C=O) groups is 1. The molecule has 5 heteroatoms. The van der Waals surface area contributed by atoms with E-state index < -0.39 is 23.6 Å². The summed E-state index contributed by atoms with van der Waals surface area (Å²) in [6.07, 6.45) is 0. The van der Waals surface area contributed by atoms with Crippen molar-refractivity contribution in [2.45, 2.75) is 6.04 Å². The first-order valence-corrected chi connectivity index (χ1v) is 3.84. The molecule has 0 aliphatic carbocycles. The minimum atomic E-state index is -1.30. The maximum Gasteiger partial charge on any atom is 0.327 e. The normalized spacial score (nSPS) is 12.3. The molecule has 0 amide bonds. The highest BCUT2D eigenvalue weighted by atomic mass is 19.1. The SMILES string of the molecule is COC(=O)[C@H](N)c1cc(F)ccc1F. The Morgan fingerprint density at radius 1 is 1.50 bits per heavy atom. The predicted octanol–water partition coefficient (Wildman–Crippen LogP) is 1.14. The fourth-order valence-corrected chi connectivity index (χ4v) is 1.01. The molecule has 0 aliphatic heterocycles. The van der Waals surface area contributed by atoms with Crippen molar-refractivity contribution in [3.63, 3.8) is 0 Å². The Labute approximate surface area is 79.5 Å². The number of hydrogen-bond acceptors (Lipinski definition) is 3. The van der Waals surface area contributed by atoms with Crippen LogP contribution in [0.1, 0.15) is 11.6 Å². The molecule has 0 aliphatic rings. The van der Waals surface area contributed by atoms with Gasteiger partial charge >= 0.3 is 5.97 Å². The van der Waals surface area contributed by atoms with E-state index in [0.717, 1.165) is 25.3 Å². The Morgan fingerprint density at radius 3 is 2.71 bits per heavy atom. The first kappa shape index (κ1) is 10.6. The number of benzene rings is 1. The fraction of sp³-hybridized carbons (Fsp3) is 0.222. The lowest BCUT2D eigenvalue weighted by atomic mass is 10.1. The third kappa shape index (κ3) is 2.05. The van der Waals surface area contributed by atoms with Crippen LogP contribution in [0.4, 0.5) is 8.78 Å². The molecule has 1 atom stereocenters. The van der Waals surface area contributed by atoms with Crippen molar-refractivity contribution in [3.8, 4) is 0 Å². The van der Waals surface area contributed by atoms with Crippen molar-refractivity contribution in [1.29, 1.82) is 0 Å². The van der Waals surface area contributed by atoms with E-state index in [-0.39, 0.29) is 5.56 Å². The van der Waals surface area contributed by atoms with Gasteiger partial charge in [-0.15, -0.1) is 0 Å². The maximum absolute atomic E-state index is 13.1. The Morgan fingerprint density at radius 2 is 2.14 bits per heavy atom. The largest absolute Gasteiger partial charge is 0.468 e.